The lowest BCUT2D eigenvalue weighted by Crippen LogP contribution is -2.42. The fourth-order valence-corrected chi connectivity index (χ4v) is 3.04. The van der Waals surface area contributed by atoms with Crippen molar-refractivity contribution in [2.24, 2.45) is 11.8 Å². The molecule has 3 nitrogen and oxygen atoms in total. The molecule has 1 amide bonds. The van der Waals surface area contributed by atoms with Crippen LogP contribution >= 0.6 is 11.6 Å². The molecule has 0 saturated heterocycles. The molecule has 19 heavy (non-hydrogen) atoms. The fraction of sp³-hybridized carbons (Fsp3) is 0.533. The van der Waals surface area contributed by atoms with Crippen molar-refractivity contribution < 1.29 is 4.79 Å². The smallest absolute Gasteiger partial charge is 0.253 e. The number of carbonyl (C=O) groups excluding carboxylic acids is 1. The van der Waals surface area contributed by atoms with Crippen molar-refractivity contribution in [3.63, 3.8) is 0 Å². The number of amides is 1. The van der Waals surface area contributed by atoms with Crippen LogP contribution in [0.15, 0.2) is 18.2 Å². The summed E-state index contributed by atoms with van der Waals surface area (Å²) >= 11 is 5.94. The molecule has 0 heterocycles. The molecule has 1 aromatic rings. The summed E-state index contributed by atoms with van der Waals surface area (Å²) < 4.78 is 0. The molecule has 1 saturated carbocycles. The molecule has 0 aliphatic heterocycles. The van der Waals surface area contributed by atoms with Gasteiger partial charge in [0.25, 0.3) is 5.91 Å². The van der Waals surface area contributed by atoms with E-state index >= 15 is 0 Å². The summed E-state index contributed by atoms with van der Waals surface area (Å²) in [5.74, 6) is 1.14. The van der Waals surface area contributed by atoms with Gasteiger partial charge in [-0.1, -0.05) is 31.5 Å². The molecule has 2 rings (SSSR count). The summed E-state index contributed by atoms with van der Waals surface area (Å²) in [6, 6.07) is 5.40. The Kier molecular flexibility index (Phi) is 4.35. The molecule has 3 N–H and O–H groups in total. The zero-order valence-electron chi connectivity index (χ0n) is 11.4. The second-order valence-electron chi connectivity index (χ2n) is 5.68. The van der Waals surface area contributed by atoms with Crippen molar-refractivity contribution in [3.8, 4) is 0 Å². The summed E-state index contributed by atoms with van der Waals surface area (Å²) in [4.78, 5) is 12.3. The monoisotopic (exact) mass is 280 g/mol. The van der Waals surface area contributed by atoms with Crippen molar-refractivity contribution in [1.82, 2.24) is 5.32 Å². The molecule has 1 aromatic carbocycles. The number of hydrogen-bond donors (Lipinski definition) is 2. The van der Waals surface area contributed by atoms with Gasteiger partial charge in [-0.2, -0.15) is 0 Å². The van der Waals surface area contributed by atoms with E-state index in [0.717, 1.165) is 18.8 Å². The SMILES string of the molecule is CC1CCC(NC(=O)c2cccc(Cl)c2N)C(C)C1. The first-order valence-electron chi connectivity index (χ1n) is 6.84. The molecule has 0 spiro atoms. The molecule has 0 radical (unpaired) electrons. The van der Waals surface area contributed by atoms with Gasteiger partial charge in [0.15, 0.2) is 0 Å². The summed E-state index contributed by atoms with van der Waals surface area (Å²) in [6.45, 7) is 4.46. The molecule has 0 aromatic heterocycles. The van der Waals surface area contributed by atoms with E-state index in [9.17, 15) is 4.79 Å². The maximum atomic E-state index is 12.3. The van der Waals surface area contributed by atoms with Gasteiger partial charge >= 0.3 is 0 Å². The highest BCUT2D eigenvalue weighted by molar-refractivity contribution is 6.33. The van der Waals surface area contributed by atoms with Crippen LogP contribution in [0.25, 0.3) is 0 Å². The Morgan fingerprint density at radius 2 is 2.11 bits per heavy atom. The number of carbonyl (C=O) groups is 1. The van der Waals surface area contributed by atoms with Crippen molar-refractivity contribution in [2.75, 3.05) is 5.73 Å². The van der Waals surface area contributed by atoms with E-state index in [1.54, 1.807) is 18.2 Å². The van der Waals surface area contributed by atoms with Gasteiger partial charge in [-0.25, -0.2) is 0 Å². The van der Waals surface area contributed by atoms with Gasteiger partial charge in [-0.3, -0.25) is 4.79 Å². The number of nitrogens with one attached hydrogen (secondary N) is 1. The third kappa shape index (κ3) is 3.21. The van der Waals surface area contributed by atoms with E-state index in [4.69, 9.17) is 17.3 Å². The Morgan fingerprint density at radius 3 is 2.79 bits per heavy atom. The lowest BCUT2D eigenvalue weighted by molar-refractivity contribution is 0.0900. The van der Waals surface area contributed by atoms with E-state index in [1.165, 1.54) is 6.42 Å². The van der Waals surface area contributed by atoms with E-state index in [0.29, 0.717) is 22.2 Å². The Labute approximate surface area is 119 Å². The van der Waals surface area contributed by atoms with Crippen molar-refractivity contribution in [1.29, 1.82) is 0 Å². The van der Waals surface area contributed by atoms with Gasteiger partial charge in [0.05, 0.1) is 16.3 Å². The van der Waals surface area contributed by atoms with Crippen LogP contribution in [0, 0.1) is 11.8 Å². The molecule has 1 aliphatic rings. The Balaban J connectivity index is 2.07. The number of nitrogens with two attached hydrogens (primary N) is 1. The summed E-state index contributed by atoms with van der Waals surface area (Å²) in [7, 11) is 0. The predicted molar refractivity (Wildman–Crippen MR) is 79.3 cm³/mol. The first-order valence-corrected chi connectivity index (χ1v) is 7.21. The fourth-order valence-electron chi connectivity index (χ4n) is 2.86. The zero-order valence-corrected chi connectivity index (χ0v) is 12.2. The van der Waals surface area contributed by atoms with E-state index in [2.05, 4.69) is 19.2 Å². The number of hydrogen-bond acceptors (Lipinski definition) is 2. The highest BCUT2D eigenvalue weighted by Gasteiger charge is 2.27. The molecule has 3 atom stereocenters. The van der Waals surface area contributed by atoms with Crippen LogP contribution in [-0.2, 0) is 0 Å². The van der Waals surface area contributed by atoms with Crippen LogP contribution < -0.4 is 11.1 Å². The minimum Gasteiger partial charge on any atom is -0.397 e. The van der Waals surface area contributed by atoms with Crippen LogP contribution in [0.5, 0.6) is 0 Å². The minimum atomic E-state index is -0.119. The van der Waals surface area contributed by atoms with Crippen molar-refractivity contribution >= 4 is 23.2 Å². The number of benzene rings is 1. The second-order valence-corrected chi connectivity index (χ2v) is 6.08. The van der Waals surface area contributed by atoms with Gasteiger partial charge in [0.2, 0.25) is 0 Å². The Hall–Kier alpha value is -1.22. The quantitative estimate of drug-likeness (QED) is 0.815. The molecule has 0 bridgehead atoms. The summed E-state index contributed by atoms with van der Waals surface area (Å²) in [5, 5.41) is 3.52. The average Bonchev–Trinajstić information content (AvgIpc) is 2.36. The largest absolute Gasteiger partial charge is 0.397 e. The van der Waals surface area contributed by atoms with Gasteiger partial charge < -0.3 is 11.1 Å². The average molecular weight is 281 g/mol. The van der Waals surface area contributed by atoms with Crippen LogP contribution in [0.2, 0.25) is 5.02 Å². The van der Waals surface area contributed by atoms with Gasteiger partial charge in [-0.05, 0) is 43.2 Å². The van der Waals surface area contributed by atoms with Crippen LogP contribution in [-0.4, -0.2) is 11.9 Å². The highest BCUT2D eigenvalue weighted by Crippen LogP contribution is 2.29. The number of anilines is 1. The van der Waals surface area contributed by atoms with E-state index in [1.807, 2.05) is 0 Å². The molecule has 4 heteroatoms. The van der Waals surface area contributed by atoms with Crippen LogP contribution in [0.4, 0.5) is 5.69 Å². The number of halogens is 1. The van der Waals surface area contributed by atoms with E-state index in [-0.39, 0.29) is 11.9 Å². The van der Waals surface area contributed by atoms with Crippen molar-refractivity contribution in [2.45, 2.75) is 39.2 Å². The number of nitrogen functional groups attached to an aromatic ring is 1. The zero-order chi connectivity index (χ0) is 14.0. The van der Waals surface area contributed by atoms with Gasteiger partial charge in [0, 0.05) is 6.04 Å². The lowest BCUT2D eigenvalue weighted by atomic mass is 9.80. The molecule has 3 unspecified atom stereocenters. The summed E-state index contributed by atoms with van der Waals surface area (Å²) in [6.07, 6.45) is 3.37. The highest BCUT2D eigenvalue weighted by atomic mass is 35.5. The first-order chi connectivity index (χ1) is 8.99. The third-order valence-corrected chi connectivity index (χ3v) is 4.38. The third-order valence-electron chi connectivity index (χ3n) is 4.05. The molecular formula is C15H21ClN2O. The molecular weight excluding hydrogens is 260 g/mol. The topological polar surface area (TPSA) is 55.1 Å². The molecule has 1 aliphatic carbocycles. The van der Waals surface area contributed by atoms with E-state index < -0.39 is 0 Å². The second kappa shape index (κ2) is 5.83. The number of rotatable bonds is 2. The minimum absolute atomic E-state index is 0.119. The maximum absolute atomic E-state index is 12.3. The molecule has 1 fully saturated rings. The van der Waals surface area contributed by atoms with Crippen LogP contribution in [0.1, 0.15) is 43.5 Å². The van der Waals surface area contributed by atoms with Gasteiger partial charge in [-0.15, -0.1) is 0 Å². The normalized spacial score (nSPS) is 27.0. The summed E-state index contributed by atoms with van der Waals surface area (Å²) in [5.41, 5.74) is 6.68. The van der Waals surface area contributed by atoms with Gasteiger partial charge in [0.1, 0.15) is 0 Å². The Bertz CT molecular complexity index is 475. The van der Waals surface area contributed by atoms with Crippen LogP contribution in [0.3, 0.4) is 0 Å². The predicted octanol–water partition coefficient (Wildman–Crippen LogP) is 3.48. The standard InChI is InChI=1S/C15H21ClN2O/c1-9-6-7-13(10(2)8-9)18-15(19)11-4-3-5-12(16)14(11)17/h3-5,9-10,13H,6-8,17H2,1-2H3,(H,18,19). The molecule has 104 valence electrons. The number of para-hydroxylation sites is 1. The maximum Gasteiger partial charge on any atom is 0.253 e. The first kappa shape index (κ1) is 14.2. The lowest BCUT2D eigenvalue weighted by Gasteiger charge is -2.33. The Morgan fingerprint density at radius 1 is 1.37 bits per heavy atom. The van der Waals surface area contributed by atoms with Crippen molar-refractivity contribution in [3.05, 3.63) is 28.8 Å².